The molecule has 17 heavy (non-hydrogen) atoms. The molecule has 0 atom stereocenters. The van der Waals surface area contributed by atoms with Gasteiger partial charge in [-0.15, -0.1) is 0 Å². The van der Waals surface area contributed by atoms with Crippen molar-refractivity contribution < 1.29 is 9.72 Å². The number of carbonyl (C=O) groups is 1. The summed E-state index contributed by atoms with van der Waals surface area (Å²) in [6.07, 6.45) is 0. The first kappa shape index (κ1) is 13.6. The van der Waals surface area contributed by atoms with Gasteiger partial charge in [-0.3, -0.25) is 14.9 Å². The molecule has 0 saturated heterocycles. The van der Waals surface area contributed by atoms with Crippen molar-refractivity contribution >= 4 is 34.2 Å². The number of rotatable bonds is 4. The van der Waals surface area contributed by atoms with E-state index in [0.29, 0.717) is 15.7 Å². The number of amides is 1. The van der Waals surface area contributed by atoms with E-state index in [1.165, 1.54) is 12.1 Å². The Balaban J connectivity index is 2.95. The summed E-state index contributed by atoms with van der Waals surface area (Å²) in [5.74, 6) is -0.332. The van der Waals surface area contributed by atoms with E-state index < -0.39 is 4.92 Å². The van der Waals surface area contributed by atoms with Crippen LogP contribution in [0.3, 0.4) is 0 Å². The quantitative estimate of drug-likeness (QED) is 0.394. The van der Waals surface area contributed by atoms with Gasteiger partial charge in [-0.05, 0) is 35.6 Å². The van der Waals surface area contributed by atoms with Crippen molar-refractivity contribution in [3.05, 3.63) is 49.6 Å². The van der Waals surface area contributed by atoms with Gasteiger partial charge in [-0.25, -0.2) is 0 Å². The molecule has 6 heteroatoms. The summed E-state index contributed by atoms with van der Waals surface area (Å²) < 4.78 is 0.674. The van der Waals surface area contributed by atoms with Gasteiger partial charge in [0.05, 0.1) is 10.5 Å². The van der Waals surface area contributed by atoms with Crippen molar-refractivity contribution in [2.24, 2.45) is 0 Å². The van der Waals surface area contributed by atoms with Crippen LogP contribution in [0.4, 0.5) is 5.69 Å². The first-order valence-electron chi connectivity index (χ1n) is 4.78. The highest BCUT2D eigenvalue weighted by Crippen LogP contribution is 2.19. The second-order valence-corrected chi connectivity index (χ2v) is 4.72. The Hall–Kier alpha value is -1.44. The highest BCUT2D eigenvalue weighted by molar-refractivity contribution is 14.1. The van der Waals surface area contributed by atoms with E-state index in [2.05, 4.69) is 11.9 Å². The molecule has 0 fully saturated rings. The van der Waals surface area contributed by atoms with Gasteiger partial charge >= 0.3 is 0 Å². The predicted molar refractivity (Wildman–Crippen MR) is 73.0 cm³/mol. The molecule has 0 aliphatic heterocycles. The van der Waals surface area contributed by atoms with Gasteiger partial charge in [-0.2, -0.15) is 0 Å². The van der Waals surface area contributed by atoms with Gasteiger partial charge < -0.3 is 5.32 Å². The van der Waals surface area contributed by atoms with Gasteiger partial charge in [0.15, 0.2) is 0 Å². The van der Waals surface area contributed by atoms with Crippen LogP contribution < -0.4 is 5.32 Å². The maximum Gasteiger partial charge on any atom is 0.270 e. The Morgan fingerprint density at radius 3 is 2.76 bits per heavy atom. The fourth-order valence-corrected chi connectivity index (χ4v) is 1.71. The molecule has 1 aromatic rings. The van der Waals surface area contributed by atoms with Crippen LogP contribution in [0.2, 0.25) is 0 Å². The molecule has 0 unspecified atom stereocenters. The number of non-ortho nitro benzene ring substituents is 1. The summed E-state index contributed by atoms with van der Waals surface area (Å²) in [6.45, 7) is 5.81. The van der Waals surface area contributed by atoms with E-state index in [-0.39, 0.29) is 11.6 Å². The van der Waals surface area contributed by atoms with Crippen molar-refractivity contribution in [2.75, 3.05) is 6.54 Å². The van der Waals surface area contributed by atoms with E-state index in [1.54, 1.807) is 13.0 Å². The molecule has 1 rings (SSSR count). The van der Waals surface area contributed by atoms with Crippen LogP contribution in [0.25, 0.3) is 0 Å². The minimum Gasteiger partial charge on any atom is -0.348 e. The van der Waals surface area contributed by atoms with Crippen molar-refractivity contribution in [1.82, 2.24) is 5.32 Å². The maximum absolute atomic E-state index is 11.8. The lowest BCUT2D eigenvalue weighted by atomic mass is 10.2. The highest BCUT2D eigenvalue weighted by Gasteiger charge is 2.14. The molecule has 1 aromatic carbocycles. The molecule has 0 saturated carbocycles. The molecule has 0 aromatic heterocycles. The largest absolute Gasteiger partial charge is 0.348 e. The van der Waals surface area contributed by atoms with E-state index in [0.717, 1.165) is 5.57 Å². The minimum atomic E-state index is -0.522. The molecular weight excluding hydrogens is 335 g/mol. The van der Waals surface area contributed by atoms with Crippen molar-refractivity contribution in [3.8, 4) is 0 Å². The molecule has 5 nitrogen and oxygen atoms in total. The fraction of sp³-hybridized carbons (Fsp3) is 0.182. The Morgan fingerprint density at radius 2 is 2.24 bits per heavy atom. The number of halogens is 1. The number of nitro benzene ring substituents is 1. The average Bonchev–Trinajstić information content (AvgIpc) is 2.26. The Labute approximate surface area is 112 Å². The zero-order chi connectivity index (χ0) is 13.0. The van der Waals surface area contributed by atoms with E-state index >= 15 is 0 Å². The summed E-state index contributed by atoms with van der Waals surface area (Å²) in [4.78, 5) is 21.9. The zero-order valence-electron chi connectivity index (χ0n) is 9.20. The molecule has 0 radical (unpaired) electrons. The van der Waals surface area contributed by atoms with Crippen molar-refractivity contribution in [2.45, 2.75) is 6.92 Å². The second-order valence-electron chi connectivity index (χ2n) is 3.56. The normalized spacial score (nSPS) is 9.76. The summed E-state index contributed by atoms with van der Waals surface area (Å²) in [5.41, 5.74) is 1.03. The van der Waals surface area contributed by atoms with E-state index in [9.17, 15) is 14.9 Å². The summed E-state index contributed by atoms with van der Waals surface area (Å²) >= 11 is 1.97. The SMILES string of the molecule is C=C(C)CNC(=O)c1cc([N+](=O)[O-])ccc1I. The minimum absolute atomic E-state index is 0.0918. The van der Waals surface area contributed by atoms with E-state index in [1.807, 2.05) is 22.6 Å². The van der Waals surface area contributed by atoms with Gasteiger partial charge in [0, 0.05) is 22.2 Å². The number of nitrogens with one attached hydrogen (secondary N) is 1. The summed E-state index contributed by atoms with van der Waals surface area (Å²) in [6, 6.07) is 4.20. The van der Waals surface area contributed by atoms with Crippen LogP contribution in [-0.4, -0.2) is 17.4 Å². The van der Waals surface area contributed by atoms with Gasteiger partial charge in [0.2, 0.25) is 0 Å². The molecule has 1 N–H and O–H groups in total. The lowest BCUT2D eigenvalue weighted by Gasteiger charge is -2.06. The third kappa shape index (κ3) is 3.81. The van der Waals surface area contributed by atoms with Gasteiger partial charge in [-0.1, -0.05) is 12.2 Å². The monoisotopic (exact) mass is 346 g/mol. The zero-order valence-corrected chi connectivity index (χ0v) is 11.4. The van der Waals surface area contributed by atoms with Crippen molar-refractivity contribution in [3.63, 3.8) is 0 Å². The number of nitrogens with zero attached hydrogens (tertiary/aromatic N) is 1. The van der Waals surface area contributed by atoms with Crippen LogP contribution in [0.1, 0.15) is 17.3 Å². The Morgan fingerprint density at radius 1 is 1.59 bits per heavy atom. The predicted octanol–water partition coefficient (Wildman–Crippen LogP) is 2.51. The second kappa shape index (κ2) is 5.76. The first-order chi connectivity index (χ1) is 7.91. The fourth-order valence-electron chi connectivity index (χ4n) is 1.13. The molecule has 1 amide bonds. The maximum atomic E-state index is 11.8. The molecule has 0 aliphatic carbocycles. The number of hydrogen-bond donors (Lipinski definition) is 1. The third-order valence-corrected chi connectivity index (χ3v) is 2.90. The Bertz CT molecular complexity index is 486. The molecule has 0 aliphatic rings. The van der Waals surface area contributed by atoms with E-state index in [4.69, 9.17) is 0 Å². The van der Waals surface area contributed by atoms with Crippen molar-refractivity contribution in [1.29, 1.82) is 0 Å². The van der Waals surface area contributed by atoms with Crippen LogP contribution in [0.15, 0.2) is 30.4 Å². The standard InChI is InChI=1S/C11H11IN2O3/c1-7(2)6-13-11(15)9-5-8(14(16)17)3-4-10(9)12/h3-5H,1,6H2,2H3,(H,13,15). The number of hydrogen-bond acceptors (Lipinski definition) is 3. The molecule has 0 spiro atoms. The average molecular weight is 346 g/mol. The number of nitro groups is 1. The number of benzene rings is 1. The highest BCUT2D eigenvalue weighted by atomic mass is 127. The van der Waals surface area contributed by atoms with Crippen LogP contribution >= 0.6 is 22.6 Å². The van der Waals surface area contributed by atoms with Gasteiger partial charge in [0.1, 0.15) is 0 Å². The molecule has 0 bridgehead atoms. The lowest BCUT2D eigenvalue weighted by molar-refractivity contribution is -0.384. The number of carbonyl (C=O) groups excluding carboxylic acids is 1. The molecule has 0 heterocycles. The van der Waals surface area contributed by atoms with Crippen LogP contribution in [-0.2, 0) is 0 Å². The van der Waals surface area contributed by atoms with Crippen LogP contribution in [0, 0.1) is 13.7 Å². The smallest absolute Gasteiger partial charge is 0.270 e. The lowest BCUT2D eigenvalue weighted by Crippen LogP contribution is -2.25. The third-order valence-electron chi connectivity index (χ3n) is 1.96. The molecule has 90 valence electrons. The Kier molecular flexibility index (Phi) is 4.62. The summed E-state index contributed by atoms with van der Waals surface area (Å²) in [7, 11) is 0. The molecular formula is C11H11IN2O3. The summed E-state index contributed by atoms with van der Waals surface area (Å²) in [5, 5.41) is 13.2. The first-order valence-corrected chi connectivity index (χ1v) is 5.86. The van der Waals surface area contributed by atoms with Crippen LogP contribution in [0.5, 0.6) is 0 Å². The van der Waals surface area contributed by atoms with Gasteiger partial charge in [0.25, 0.3) is 11.6 Å². The topological polar surface area (TPSA) is 72.2 Å².